The van der Waals surface area contributed by atoms with E-state index in [2.05, 4.69) is 5.32 Å². The molecule has 0 radical (unpaired) electrons. The van der Waals surface area contributed by atoms with Crippen LogP contribution >= 0.6 is 0 Å². The number of ether oxygens (including phenoxy) is 1. The van der Waals surface area contributed by atoms with E-state index in [4.69, 9.17) is 9.84 Å². The van der Waals surface area contributed by atoms with E-state index in [-0.39, 0.29) is 5.91 Å². The van der Waals surface area contributed by atoms with Crippen molar-refractivity contribution in [3.8, 4) is 0 Å². The van der Waals surface area contributed by atoms with Gasteiger partial charge in [0.1, 0.15) is 11.6 Å². The summed E-state index contributed by atoms with van der Waals surface area (Å²) in [6, 6.07) is -0.835. The molecule has 0 aromatic rings. The summed E-state index contributed by atoms with van der Waals surface area (Å²) in [6.07, 6.45) is 1.62. The lowest BCUT2D eigenvalue weighted by atomic mass is 10.0. The van der Waals surface area contributed by atoms with Crippen LogP contribution in [0.25, 0.3) is 0 Å². The number of nitrogens with one attached hydrogen (secondary N) is 1. The average Bonchev–Trinajstić information content (AvgIpc) is 2.26. The quantitative estimate of drug-likeness (QED) is 0.689. The normalized spacial score (nSPS) is 16.2. The molecule has 2 N–H and O–H groups in total. The third-order valence-corrected chi connectivity index (χ3v) is 2.79. The van der Waals surface area contributed by atoms with Gasteiger partial charge in [0.15, 0.2) is 0 Å². The number of hydrogen-bond acceptors (Lipinski definition) is 3. The first-order valence-corrected chi connectivity index (χ1v) is 5.50. The van der Waals surface area contributed by atoms with Gasteiger partial charge in [-0.05, 0) is 19.8 Å². The molecular weight excluding hydrogens is 210 g/mol. The second-order valence-corrected chi connectivity index (χ2v) is 3.94. The third kappa shape index (κ3) is 3.81. The average molecular weight is 231 g/mol. The fraction of sp³-hybridized carbons (Fsp3) is 0.818. The van der Waals surface area contributed by atoms with Crippen molar-refractivity contribution in [1.29, 1.82) is 0 Å². The SMILES string of the molecule is CCC[C@@H](NC(=O)C(C)(CC)OC)C(=O)O. The van der Waals surface area contributed by atoms with Crippen molar-refractivity contribution in [3.63, 3.8) is 0 Å². The maximum absolute atomic E-state index is 11.8. The van der Waals surface area contributed by atoms with Gasteiger partial charge in [-0.15, -0.1) is 0 Å². The Morgan fingerprint density at radius 2 is 2.00 bits per heavy atom. The van der Waals surface area contributed by atoms with Gasteiger partial charge in [-0.25, -0.2) is 4.79 Å². The molecule has 0 aromatic carbocycles. The number of carboxylic acid groups (broad SMARTS) is 1. The van der Waals surface area contributed by atoms with Crippen molar-refractivity contribution < 1.29 is 19.4 Å². The fourth-order valence-electron chi connectivity index (χ4n) is 1.25. The van der Waals surface area contributed by atoms with Crippen LogP contribution in [0.15, 0.2) is 0 Å². The number of methoxy groups -OCH3 is 1. The zero-order chi connectivity index (χ0) is 12.8. The third-order valence-electron chi connectivity index (χ3n) is 2.79. The maximum Gasteiger partial charge on any atom is 0.326 e. The van der Waals surface area contributed by atoms with Crippen LogP contribution in [-0.2, 0) is 14.3 Å². The number of aliphatic carboxylic acids is 1. The Labute approximate surface area is 96.2 Å². The molecule has 5 nitrogen and oxygen atoms in total. The van der Waals surface area contributed by atoms with Gasteiger partial charge in [-0.1, -0.05) is 20.3 Å². The van der Waals surface area contributed by atoms with Crippen LogP contribution in [-0.4, -0.2) is 35.7 Å². The van der Waals surface area contributed by atoms with Gasteiger partial charge in [-0.2, -0.15) is 0 Å². The van der Waals surface area contributed by atoms with Gasteiger partial charge in [-0.3, -0.25) is 4.79 Å². The second kappa shape index (κ2) is 6.48. The van der Waals surface area contributed by atoms with Gasteiger partial charge in [0, 0.05) is 7.11 Å². The first-order chi connectivity index (χ1) is 7.41. The first kappa shape index (κ1) is 14.9. The molecule has 0 aliphatic carbocycles. The molecule has 16 heavy (non-hydrogen) atoms. The first-order valence-electron chi connectivity index (χ1n) is 5.50. The summed E-state index contributed by atoms with van der Waals surface area (Å²) < 4.78 is 5.10. The highest BCUT2D eigenvalue weighted by Gasteiger charge is 2.33. The van der Waals surface area contributed by atoms with Crippen molar-refractivity contribution in [2.24, 2.45) is 0 Å². The summed E-state index contributed by atoms with van der Waals surface area (Å²) in [4.78, 5) is 22.7. The Hall–Kier alpha value is -1.10. The van der Waals surface area contributed by atoms with Gasteiger partial charge in [0.25, 0.3) is 5.91 Å². The van der Waals surface area contributed by atoms with E-state index in [1.54, 1.807) is 6.92 Å². The lowest BCUT2D eigenvalue weighted by Crippen LogP contribution is -2.51. The fourth-order valence-corrected chi connectivity index (χ4v) is 1.25. The van der Waals surface area contributed by atoms with Crippen LogP contribution in [0.3, 0.4) is 0 Å². The van der Waals surface area contributed by atoms with E-state index >= 15 is 0 Å². The Kier molecular flexibility index (Phi) is 6.03. The zero-order valence-corrected chi connectivity index (χ0v) is 10.4. The molecule has 0 fully saturated rings. The Bertz CT molecular complexity index is 248. The Balaban J connectivity index is 4.56. The summed E-state index contributed by atoms with van der Waals surface area (Å²) in [7, 11) is 1.44. The molecule has 1 amide bonds. The summed E-state index contributed by atoms with van der Waals surface area (Å²) >= 11 is 0. The molecule has 0 spiro atoms. The van der Waals surface area contributed by atoms with Crippen LogP contribution in [0.5, 0.6) is 0 Å². The van der Waals surface area contributed by atoms with Crippen LogP contribution in [0, 0.1) is 0 Å². The van der Waals surface area contributed by atoms with Crippen molar-refractivity contribution in [1.82, 2.24) is 5.32 Å². The minimum atomic E-state index is -1.01. The van der Waals surface area contributed by atoms with Crippen molar-refractivity contribution >= 4 is 11.9 Å². The van der Waals surface area contributed by atoms with E-state index in [0.717, 1.165) is 0 Å². The van der Waals surface area contributed by atoms with Crippen LogP contribution < -0.4 is 5.32 Å². The van der Waals surface area contributed by atoms with Crippen LogP contribution in [0.2, 0.25) is 0 Å². The van der Waals surface area contributed by atoms with Gasteiger partial charge in [0.2, 0.25) is 0 Å². The number of carbonyl (C=O) groups excluding carboxylic acids is 1. The lowest BCUT2D eigenvalue weighted by Gasteiger charge is -2.27. The molecule has 0 saturated carbocycles. The predicted octanol–water partition coefficient (Wildman–Crippen LogP) is 1.17. The van der Waals surface area contributed by atoms with E-state index < -0.39 is 17.6 Å². The highest BCUT2D eigenvalue weighted by atomic mass is 16.5. The summed E-state index contributed by atoms with van der Waals surface area (Å²) in [5, 5.41) is 11.4. The lowest BCUT2D eigenvalue weighted by molar-refractivity contribution is -0.148. The van der Waals surface area contributed by atoms with Gasteiger partial charge >= 0.3 is 5.97 Å². The molecule has 2 atom stereocenters. The number of hydrogen-bond donors (Lipinski definition) is 2. The molecule has 5 heteroatoms. The number of rotatable bonds is 7. The maximum atomic E-state index is 11.8. The molecule has 0 rings (SSSR count). The van der Waals surface area contributed by atoms with E-state index in [9.17, 15) is 9.59 Å². The topological polar surface area (TPSA) is 75.6 Å². The summed E-state index contributed by atoms with van der Waals surface area (Å²) in [5.74, 6) is -1.39. The Morgan fingerprint density at radius 1 is 1.44 bits per heavy atom. The van der Waals surface area contributed by atoms with Crippen molar-refractivity contribution in [2.45, 2.75) is 51.7 Å². The predicted molar refractivity (Wildman–Crippen MR) is 60.2 cm³/mol. The molecule has 0 aromatic heterocycles. The molecule has 0 aliphatic rings. The van der Waals surface area contributed by atoms with E-state index in [1.165, 1.54) is 7.11 Å². The second-order valence-electron chi connectivity index (χ2n) is 3.94. The van der Waals surface area contributed by atoms with Crippen LogP contribution in [0.4, 0.5) is 0 Å². The van der Waals surface area contributed by atoms with E-state index in [1.807, 2.05) is 13.8 Å². The molecule has 94 valence electrons. The Morgan fingerprint density at radius 3 is 2.31 bits per heavy atom. The monoisotopic (exact) mass is 231 g/mol. The zero-order valence-electron chi connectivity index (χ0n) is 10.4. The van der Waals surface area contributed by atoms with E-state index in [0.29, 0.717) is 19.3 Å². The van der Waals surface area contributed by atoms with Gasteiger partial charge < -0.3 is 15.2 Å². The highest BCUT2D eigenvalue weighted by Crippen LogP contribution is 2.14. The summed E-state index contributed by atoms with van der Waals surface area (Å²) in [5.41, 5.74) is -0.957. The largest absolute Gasteiger partial charge is 0.480 e. The standard InChI is InChI=1S/C11H21NO4/c1-5-7-8(9(13)14)12-10(15)11(3,6-2)16-4/h8H,5-7H2,1-4H3,(H,12,15)(H,13,14)/t8-,11?/m1/s1. The molecular formula is C11H21NO4. The van der Waals surface area contributed by atoms with Crippen LogP contribution in [0.1, 0.15) is 40.0 Å². The van der Waals surface area contributed by atoms with Crippen molar-refractivity contribution in [3.05, 3.63) is 0 Å². The highest BCUT2D eigenvalue weighted by molar-refractivity contribution is 5.88. The minimum Gasteiger partial charge on any atom is -0.480 e. The molecule has 0 heterocycles. The van der Waals surface area contributed by atoms with Gasteiger partial charge in [0.05, 0.1) is 0 Å². The van der Waals surface area contributed by atoms with Crippen molar-refractivity contribution in [2.75, 3.05) is 7.11 Å². The summed E-state index contributed by atoms with van der Waals surface area (Å²) in [6.45, 7) is 5.34. The number of amides is 1. The minimum absolute atomic E-state index is 0.377. The smallest absolute Gasteiger partial charge is 0.326 e. The number of carbonyl (C=O) groups is 2. The molecule has 0 saturated heterocycles. The molecule has 0 bridgehead atoms. The number of carboxylic acids is 1. The molecule has 1 unspecified atom stereocenters. The molecule has 0 aliphatic heterocycles.